The van der Waals surface area contributed by atoms with Gasteiger partial charge in [-0.25, -0.2) is 0 Å². The van der Waals surface area contributed by atoms with Crippen LogP contribution in [0.5, 0.6) is 0 Å². The normalized spacial score (nSPS) is 12.8. The van der Waals surface area contributed by atoms with E-state index >= 15 is 0 Å². The van der Waals surface area contributed by atoms with Gasteiger partial charge in [-0.3, -0.25) is 0 Å². The summed E-state index contributed by atoms with van der Waals surface area (Å²) in [5.41, 5.74) is 3.69. The fourth-order valence-electron chi connectivity index (χ4n) is 2.77. The van der Waals surface area contributed by atoms with Gasteiger partial charge < -0.3 is 14.6 Å². The van der Waals surface area contributed by atoms with E-state index in [4.69, 9.17) is 4.42 Å². The standard InChI is InChI=1S/C22H36N4O/c1-21(2,3)17-12-16(13-18(14-17)22(4,5)6)20-25-24-19(27-20)15-23-10-9-11-26(7)8/h12-14,23H,9-11,15H2,1-8H3. The molecule has 0 aliphatic carbocycles. The lowest BCUT2D eigenvalue weighted by Crippen LogP contribution is -2.21. The topological polar surface area (TPSA) is 54.2 Å². The Labute approximate surface area is 164 Å². The van der Waals surface area contributed by atoms with Crippen LogP contribution in [0.3, 0.4) is 0 Å². The van der Waals surface area contributed by atoms with Crippen LogP contribution < -0.4 is 5.32 Å². The van der Waals surface area contributed by atoms with E-state index < -0.39 is 0 Å². The monoisotopic (exact) mass is 372 g/mol. The van der Waals surface area contributed by atoms with E-state index in [1.165, 1.54) is 11.1 Å². The summed E-state index contributed by atoms with van der Waals surface area (Å²) in [6, 6.07) is 6.65. The molecule has 0 atom stereocenters. The van der Waals surface area contributed by atoms with Crippen LogP contribution in [0.25, 0.3) is 11.5 Å². The predicted molar refractivity (Wildman–Crippen MR) is 112 cm³/mol. The van der Waals surface area contributed by atoms with Crippen molar-refractivity contribution in [1.29, 1.82) is 0 Å². The summed E-state index contributed by atoms with van der Waals surface area (Å²) in [5.74, 6) is 1.23. The average molecular weight is 373 g/mol. The Kier molecular flexibility index (Phi) is 6.82. The highest BCUT2D eigenvalue weighted by molar-refractivity contribution is 5.57. The number of hydrogen-bond donors (Lipinski definition) is 1. The van der Waals surface area contributed by atoms with Crippen LogP contribution in [0, 0.1) is 0 Å². The van der Waals surface area contributed by atoms with Crippen molar-refractivity contribution in [3.05, 3.63) is 35.2 Å². The van der Waals surface area contributed by atoms with Crippen molar-refractivity contribution >= 4 is 0 Å². The zero-order valence-corrected chi connectivity index (χ0v) is 18.3. The second-order valence-electron chi connectivity index (χ2n) is 9.63. The van der Waals surface area contributed by atoms with Gasteiger partial charge in [0.25, 0.3) is 0 Å². The number of rotatable bonds is 7. The quantitative estimate of drug-likeness (QED) is 0.731. The first kappa shape index (κ1) is 21.6. The Morgan fingerprint density at radius 2 is 1.52 bits per heavy atom. The SMILES string of the molecule is CN(C)CCCNCc1nnc(-c2cc(C(C)(C)C)cc(C(C)(C)C)c2)o1. The lowest BCUT2D eigenvalue weighted by atomic mass is 9.79. The van der Waals surface area contributed by atoms with Gasteiger partial charge in [0.2, 0.25) is 11.8 Å². The Hall–Kier alpha value is -1.72. The van der Waals surface area contributed by atoms with Gasteiger partial charge in [-0.05, 0) is 67.7 Å². The molecule has 0 unspecified atom stereocenters. The maximum absolute atomic E-state index is 5.94. The summed E-state index contributed by atoms with van der Waals surface area (Å²) in [6.07, 6.45) is 1.09. The number of nitrogens with one attached hydrogen (secondary N) is 1. The van der Waals surface area contributed by atoms with Crippen LogP contribution in [0.15, 0.2) is 22.6 Å². The molecule has 0 bridgehead atoms. The zero-order valence-electron chi connectivity index (χ0n) is 18.3. The first-order valence-corrected chi connectivity index (χ1v) is 9.81. The van der Waals surface area contributed by atoms with Gasteiger partial charge in [0.05, 0.1) is 6.54 Å². The molecule has 1 aromatic carbocycles. The van der Waals surface area contributed by atoms with Crippen molar-refractivity contribution in [1.82, 2.24) is 20.4 Å². The van der Waals surface area contributed by atoms with Crippen LogP contribution >= 0.6 is 0 Å². The van der Waals surface area contributed by atoms with E-state index in [1.54, 1.807) is 0 Å². The summed E-state index contributed by atoms with van der Waals surface area (Å²) in [7, 11) is 4.17. The molecule has 5 heteroatoms. The maximum atomic E-state index is 5.94. The number of benzene rings is 1. The highest BCUT2D eigenvalue weighted by atomic mass is 16.4. The Balaban J connectivity index is 2.17. The predicted octanol–water partition coefficient (Wildman–Crippen LogP) is 4.37. The fourth-order valence-corrected chi connectivity index (χ4v) is 2.77. The Morgan fingerprint density at radius 3 is 2.04 bits per heavy atom. The highest BCUT2D eigenvalue weighted by Crippen LogP contribution is 2.33. The molecule has 0 fully saturated rings. The van der Waals surface area contributed by atoms with Crippen LogP contribution in [0.2, 0.25) is 0 Å². The summed E-state index contributed by atoms with van der Waals surface area (Å²) >= 11 is 0. The van der Waals surface area contributed by atoms with Gasteiger partial charge in [0.1, 0.15) is 0 Å². The summed E-state index contributed by atoms with van der Waals surface area (Å²) in [6.45, 7) is 16.0. The van der Waals surface area contributed by atoms with Crippen LogP contribution in [-0.2, 0) is 17.4 Å². The van der Waals surface area contributed by atoms with E-state index in [2.05, 4.69) is 94.3 Å². The molecule has 0 aliphatic rings. The van der Waals surface area contributed by atoms with Crippen LogP contribution in [0.1, 0.15) is 65.0 Å². The smallest absolute Gasteiger partial charge is 0.247 e. The third kappa shape index (κ3) is 6.43. The molecule has 2 rings (SSSR count). The molecule has 0 saturated heterocycles. The van der Waals surface area contributed by atoms with Gasteiger partial charge >= 0.3 is 0 Å². The number of aromatic nitrogens is 2. The average Bonchev–Trinajstić information content (AvgIpc) is 3.01. The molecule has 0 aliphatic heterocycles. The lowest BCUT2D eigenvalue weighted by molar-refractivity contribution is 0.390. The summed E-state index contributed by atoms with van der Waals surface area (Å²) in [5, 5.41) is 11.9. The third-order valence-electron chi connectivity index (χ3n) is 4.61. The van der Waals surface area contributed by atoms with Crippen molar-refractivity contribution in [3.63, 3.8) is 0 Å². The molecule has 5 nitrogen and oxygen atoms in total. The molecule has 2 aromatic rings. The van der Waals surface area contributed by atoms with E-state index in [0.29, 0.717) is 18.3 Å². The van der Waals surface area contributed by atoms with Crippen molar-refractivity contribution in [2.24, 2.45) is 0 Å². The first-order chi connectivity index (χ1) is 12.5. The zero-order chi connectivity index (χ0) is 20.2. The molecule has 0 radical (unpaired) electrons. The number of hydrogen-bond acceptors (Lipinski definition) is 5. The molecule has 0 amide bonds. The molecule has 1 N–H and O–H groups in total. The molecule has 27 heavy (non-hydrogen) atoms. The molecule has 1 aromatic heterocycles. The molecule has 0 spiro atoms. The highest BCUT2D eigenvalue weighted by Gasteiger charge is 2.22. The Morgan fingerprint density at radius 1 is 0.926 bits per heavy atom. The number of nitrogens with zero attached hydrogens (tertiary/aromatic N) is 3. The van der Waals surface area contributed by atoms with Gasteiger partial charge in [0.15, 0.2) is 0 Å². The van der Waals surface area contributed by atoms with Crippen molar-refractivity contribution in [2.75, 3.05) is 27.2 Å². The summed E-state index contributed by atoms with van der Waals surface area (Å²) < 4.78 is 5.94. The fraction of sp³-hybridized carbons (Fsp3) is 0.636. The summed E-state index contributed by atoms with van der Waals surface area (Å²) in [4.78, 5) is 2.18. The van der Waals surface area contributed by atoms with Crippen LogP contribution in [-0.4, -0.2) is 42.3 Å². The van der Waals surface area contributed by atoms with Crippen molar-refractivity contribution in [3.8, 4) is 11.5 Å². The van der Waals surface area contributed by atoms with E-state index in [-0.39, 0.29) is 10.8 Å². The lowest BCUT2D eigenvalue weighted by Gasteiger charge is -2.25. The largest absolute Gasteiger partial charge is 0.419 e. The molecular formula is C22H36N4O. The molecular weight excluding hydrogens is 336 g/mol. The first-order valence-electron chi connectivity index (χ1n) is 9.81. The molecule has 1 heterocycles. The van der Waals surface area contributed by atoms with Crippen molar-refractivity contribution in [2.45, 2.75) is 65.3 Å². The van der Waals surface area contributed by atoms with Crippen molar-refractivity contribution < 1.29 is 4.42 Å². The molecule has 0 saturated carbocycles. The minimum Gasteiger partial charge on any atom is -0.419 e. The minimum atomic E-state index is 0.0624. The second kappa shape index (κ2) is 8.53. The van der Waals surface area contributed by atoms with E-state index in [0.717, 1.165) is 25.1 Å². The van der Waals surface area contributed by atoms with E-state index in [1.807, 2.05) is 0 Å². The van der Waals surface area contributed by atoms with Crippen LogP contribution in [0.4, 0.5) is 0 Å². The maximum Gasteiger partial charge on any atom is 0.247 e. The van der Waals surface area contributed by atoms with Gasteiger partial charge in [-0.15, -0.1) is 10.2 Å². The third-order valence-corrected chi connectivity index (χ3v) is 4.61. The van der Waals surface area contributed by atoms with Gasteiger partial charge in [-0.1, -0.05) is 47.6 Å². The minimum absolute atomic E-state index is 0.0624. The van der Waals surface area contributed by atoms with E-state index in [9.17, 15) is 0 Å². The second-order valence-corrected chi connectivity index (χ2v) is 9.63. The van der Waals surface area contributed by atoms with Gasteiger partial charge in [-0.2, -0.15) is 0 Å². The Bertz CT molecular complexity index is 703. The molecule has 150 valence electrons. The van der Waals surface area contributed by atoms with Gasteiger partial charge in [0, 0.05) is 5.56 Å².